The van der Waals surface area contributed by atoms with Crippen LogP contribution in [0.3, 0.4) is 0 Å². The molecule has 10 heavy (non-hydrogen) atoms. The molecular weight excluding hydrogens is 129 g/mol. The molecule has 0 aliphatic carbocycles. The highest BCUT2D eigenvalue weighted by Gasteiger charge is 1.88. The zero-order valence-corrected chi connectivity index (χ0v) is 6.64. The van der Waals surface area contributed by atoms with E-state index in [2.05, 4.69) is 12.2 Å². The summed E-state index contributed by atoms with van der Waals surface area (Å²) in [5.74, 6) is 0.0000912. The summed E-state index contributed by atoms with van der Waals surface area (Å²) in [7, 11) is 1.50. The number of nitrogens with one attached hydrogen (secondary N) is 1. The lowest BCUT2D eigenvalue weighted by Crippen LogP contribution is -2.25. The van der Waals surface area contributed by atoms with Gasteiger partial charge in [0.05, 0.1) is 6.61 Å². The number of carbonyl (C=O) groups is 1. The minimum atomic E-state index is 0.0000912. The molecule has 0 rings (SSSR count). The Morgan fingerprint density at radius 1 is 1.60 bits per heavy atom. The van der Waals surface area contributed by atoms with Gasteiger partial charge in [0, 0.05) is 13.2 Å². The van der Waals surface area contributed by atoms with Crippen LogP contribution >= 0.6 is 0 Å². The van der Waals surface area contributed by atoms with Crippen molar-refractivity contribution in [3.8, 4) is 0 Å². The third kappa shape index (κ3) is 7.49. The molecule has 1 amide bonds. The van der Waals surface area contributed by atoms with Gasteiger partial charge in [0.25, 0.3) is 0 Å². The van der Waals surface area contributed by atoms with E-state index in [1.54, 1.807) is 0 Å². The van der Waals surface area contributed by atoms with Gasteiger partial charge in [-0.3, -0.25) is 4.79 Å². The molecule has 0 aromatic heterocycles. The fourth-order valence-electron chi connectivity index (χ4n) is 0.546. The lowest BCUT2D eigenvalue weighted by Gasteiger charge is -2.02. The van der Waals surface area contributed by atoms with Crippen molar-refractivity contribution in [1.82, 2.24) is 5.32 Å². The summed E-state index contributed by atoms with van der Waals surface area (Å²) in [6, 6.07) is 0. The maximum atomic E-state index is 10.3. The lowest BCUT2D eigenvalue weighted by atomic mass is 10.1. The molecule has 0 aromatic carbocycles. The van der Waals surface area contributed by atoms with Crippen molar-refractivity contribution in [2.75, 3.05) is 19.8 Å². The van der Waals surface area contributed by atoms with Crippen LogP contribution in [0.5, 0.6) is 0 Å². The molecular formula is C6H14BNO2. The molecule has 0 aromatic rings. The molecule has 4 heteroatoms. The SMILES string of the molecule is BC(=O)NCCOCCC. The average molecular weight is 143 g/mol. The summed E-state index contributed by atoms with van der Waals surface area (Å²) < 4.78 is 5.12. The van der Waals surface area contributed by atoms with Gasteiger partial charge in [0.1, 0.15) is 0 Å². The highest BCUT2D eigenvalue weighted by atomic mass is 16.5. The first-order valence-electron chi connectivity index (χ1n) is 3.59. The number of carbonyl (C=O) groups excluding carboxylic acids is 1. The standard InChI is InChI=1S/C6H14BNO2/c1-2-4-10-5-3-8-6(7)9/h2-5,7H2,1H3,(H,8,9). The van der Waals surface area contributed by atoms with Gasteiger partial charge >= 0.3 is 0 Å². The zero-order chi connectivity index (χ0) is 7.82. The molecule has 58 valence electrons. The second-order valence-electron chi connectivity index (χ2n) is 2.10. The lowest BCUT2D eigenvalue weighted by molar-refractivity contribution is 0.138. The summed E-state index contributed by atoms with van der Waals surface area (Å²) >= 11 is 0. The molecule has 0 aliphatic heterocycles. The Balaban J connectivity index is 2.84. The van der Waals surface area contributed by atoms with E-state index in [1.165, 1.54) is 7.85 Å². The Labute approximate surface area is 62.5 Å². The molecule has 0 radical (unpaired) electrons. The maximum Gasteiger partial charge on any atom is 0.215 e. The molecule has 1 N–H and O–H groups in total. The predicted molar refractivity (Wildman–Crippen MR) is 43.1 cm³/mol. The van der Waals surface area contributed by atoms with E-state index in [0.717, 1.165) is 13.0 Å². The van der Waals surface area contributed by atoms with Gasteiger partial charge in [-0.15, -0.1) is 0 Å². The highest BCUT2D eigenvalue weighted by Crippen LogP contribution is 1.77. The maximum absolute atomic E-state index is 10.3. The van der Waals surface area contributed by atoms with Crippen LogP contribution in [-0.2, 0) is 4.74 Å². The van der Waals surface area contributed by atoms with E-state index in [0.29, 0.717) is 13.2 Å². The van der Waals surface area contributed by atoms with Gasteiger partial charge in [-0.05, 0) is 6.42 Å². The van der Waals surface area contributed by atoms with E-state index in [4.69, 9.17) is 4.74 Å². The van der Waals surface area contributed by atoms with Crippen molar-refractivity contribution in [3.63, 3.8) is 0 Å². The van der Waals surface area contributed by atoms with E-state index < -0.39 is 0 Å². The van der Waals surface area contributed by atoms with Crippen LogP contribution in [-0.4, -0.2) is 33.4 Å². The van der Waals surface area contributed by atoms with E-state index in [-0.39, 0.29) is 5.81 Å². The zero-order valence-electron chi connectivity index (χ0n) is 6.64. The Hall–Kier alpha value is -0.505. The van der Waals surface area contributed by atoms with Crippen molar-refractivity contribution in [3.05, 3.63) is 0 Å². The largest absolute Gasteiger partial charge is 0.380 e. The first kappa shape index (κ1) is 9.49. The minimum absolute atomic E-state index is 0.0000912. The van der Waals surface area contributed by atoms with Crippen molar-refractivity contribution < 1.29 is 9.53 Å². The van der Waals surface area contributed by atoms with Gasteiger partial charge in [-0.25, -0.2) is 0 Å². The number of amides is 1. The van der Waals surface area contributed by atoms with Gasteiger partial charge in [-0.1, -0.05) is 6.92 Å². The van der Waals surface area contributed by atoms with Crippen LogP contribution in [0.1, 0.15) is 13.3 Å². The first-order chi connectivity index (χ1) is 4.77. The fourth-order valence-corrected chi connectivity index (χ4v) is 0.546. The molecule has 0 fully saturated rings. The van der Waals surface area contributed by atoms with Crippen LogP contribution in [0.25, 0.3) is 0 Å². The Bertz CT molecular complexity index is 97.7. The van der Waals surface area contributed by atoms with Crippen molar-refractivity contribution in [1.29, 1.82) is 0 Å². The monoisotopic (exact) mass is 143 g/mol. The molecule has 3 nitrogen and oxygen atoms in total. The average Bonchev–Trinajstić information content (AvgIpc) is 1.87. The second kappa shape index (κ2) is 6.61. The Kier molecular flexibility index (Phi) is 6.28. The van der Waals surface area contributed by atoms with Gasteiger partial charge in [-0.2, -0.15) is 0 Å². The van der Waals surface area contributed by atoms with Crippen molar-refractivity contribution in [2.45, 2.75) is 13.3 Å². The minimum Gasteiger partial charge on any atom is -0.380 e. The van der Waals surface area contributed by atoms with Crippen molar-refractivity contribution in [2.24, 2.45) is 0 Å². The third-order valence-corrected chi connectivity index (χ3v) is 0.969. The summed E-state index contributed by atoms with van der Waals surface area (Å²) in [5, 5.41) is 2.64. The van der Waals surface area contributed by atoms with Crippen LogP contribution in [0.2, 0.25) is 0 Å². The first-order valence-corrected chi connectivity index (χ1v) is 3.59. The van der Waals surface area contributed by atoms with Crippen LogP contribution in [0.4, 0.5) is 4.79 Å². The van der Waals surface area contributed by atoms with Gasteiger partial charge in [0.15, 0.2) is 5.81 Å². The molecule has 0 saturated heterocycles. The number of hydrogen-bond donors (Lipinski definition) is 1. The van der Waals surface area contributed by atoms with Gasteiger partial charge < -0.3 is 10.1 Å². The highest BCUT2D eigenvalue weighted by molar-refractivity contribution is 6.57. The van der Waals surface area contributed by atoms with Crippen LogP contribution in [0.15, 0.2) is 0 Å². The molecule has 0 saturated carbocycles. The van der Waals surface area contributed by atoms with Gasteiger partial charge in [0.2, 0.25) is 7.85 Å². The predicted octanol–water partition coefficient (Wildman–Crippen LogP) is -0.244. The molecule has 0 atom stereocenters. The summed E-state index contributed by atoms with van der Waals surface area (Å²) in [6.07, 6.45) is 1.03. The Morgan fingerprint density at radius 3 is 2.80 bits per heavy atom. The quantitative estimate of drug-likeness (QED) is 0.425. The van der Waals surface area contributed by atoms with Crippen LogP contribution < -0.4 is 5.32 Å². The number of rotatable bonds is 5. The van der Waals surface area contributed by atoms with E-state index in [9.17, 15) is 4.79 Å². The smallest absolute Gasteiger partial charge is 0.215 e. The number of hydrogen-bond acceptors (Lipinski definition) is 2. The number of ether oxygens (including phenoxy) is 1. The van der Waals surface area contributed by atoms with Crippen LogP contribution in [0, 0.1) is 0 Å². The molecule has 0 aliphatic rings. The molecule has 0 spiro atoms. The second-order valence-corrected chi connectivity index (χ2v) is 2.10. The summed E-state index contributed by atoms with van der Waals surface area (Å²) in [5.41, 5.74) is 0. The molecule has 0 bridgehead atoms. The summed E-state index contributed by atoms with van der Waals surface area (Å²) in [6.45, 7) is 4.07. The summed E-state index contributed by atoms with van der Waals surface area (Å²) in [4.78, 5) is 10.3. The third-order valence-electron chi connectivity index (χ3n) is 0.969. The van der Waals surface area contributed by atoms with Crippen molar-refractivity contribution >= 4 is 13.7 Å². The molecule has 0 unspecified atom stereocenters. The topological polar surface area (TPSA) is 38.3 Å². The Morgan fingerprint density at radius 2 is 2.30 bits per heavy atom. The fraction of sp³-hybridized carbons (Fsp3) is 0.833. The van der Waals surface area contributed by atoms with E-state index >= 15 is 0 Å². The van der Waals surface area contributed by atoms with E-state index in [1.807, 2.05) is 0 Å². The normalized spacial score (nSPS) is 9.30. The molecule has 0 heterocycles.